The molecular formula is C19H21N3O4. The Morgan fingerprint density at radius 2 is 1.69 bits per heavy atom. The number of carboxylic acid groups (broad SMARTS) is 1. The van der Waals surface area contributed by atoms with E-state index in [0.29, 0.717) is 13.1 Å². The molecule has 7 heteroatoms. The van der Waals surface area contributed by atoms with Crippen molar-refractivity contribution in [3.63, 3.8) is 0 Å². The lowest BCUT2D eigenvalue weighted by Crippen LogP contribution is -2.49. The van der Waals surface area contributed by atoms with Gasteiger partial charge >= 0.3 is 12.0 Å². The van der Waals surface area contributed by atoms with Gasteiger partial charge in [0.1, 0.15) is 5.75 Å². The van der Waals surface area contributed by atoms with E-state index >= 15 is 0 Å². The summed E-state index contributed by atoms with van der Waals surface area (Å²) in [5, 5.41) is 21.3. The average molecular weight is 355 g/mol. The molecule has 26 heavy (non-hydrogen) atoms. The summed E-state index contributed by atoms with van der Waals surface area (Å²) in [4.78, 5) is 27.6. The van der Waals surface area contributed by atoms with Gasteiger partial charge in [-0.2, -0.15) is 0 Å². The smallest absolute Gasteiger partial charge is 0.337 e. The Hall–Kier alpha value is -3.06. The number of carboxylic acids is 1. The Bertz CT molecular complexity index is 787. The summed E-state index contributed by atoms with van der Waals surface area (Å²) < 4.78 is 0. The van der Waals surface area contributed by atoms with Crippen LogP contribution in [-0.4, -0.2) is 58.2 Å². The van der Waals surface area contributed by atoms with Gasteiger partial charge in [0, 0.05) is 32.7 Å². The second-order valence-electron chi connectivity index (χ2n) is 6.21. The number of hydrogen-bond donors (Lipinski definition) is 3. The molecule has 2 aromatic rings. The van der Waals surface area contributed by atoms with Crippen LogP contribution in [0.15, 0.2) is 48.5 Å². The maximum Gasteiger partial charge on any atom is 0.337 e. The van der Waals surface area contributed by atoms with Crippen LogP contribution >= 0.6 is 0 Å². The summed E-state index contributed by atoms with van der Waals surface area (Å²) in [6.45, 7) is 3.49. The number of aromatic carboxylic acids is 1. The van der Waals surface area contributed by atoms with Crippen LogP contribution in [0, 0.1) is 0 Å². The Labute approximate surface area is 151 Å². The molecule has 3 N–H and O–H groups in total. The normalized spacial score (nSPS) is 14.8. The fraction of sp³-hybridized carbons (Fsp3) is 0.263. The third kappa shape index (κ3) is 4.31. The number of phenolic OH excluding ortho intramolecular Hbond substituents is 1. The number of rotatable bonds is 4. The number of nitrogens with zero attached hydrogens (tertiary/aromatic N) is 2. The van der Waals surface area contributed by atoms with Crippen molar-refractivity contribution in [2.45, 2.75) is 6.54 Å². The van der Waals surface area contributed by atoms with Gasteiger partial charge in [0.25, 0.3) is 0 Å². The first kappa shape index (κ1) is 17.8. The van der Waals surface area contributed by atoms with E-state index in [0.717, 1.165) is 25.7 Å². The Morgan fingerprint density at radius 3 is 2.35 bits per heavy atom. The van der Waals surface area contributed by atoms with Crippen LogP contribution in [-0.2, 0) is 6.54 Å². The molecule has 1 heterocycles. The van der Waals surface area contributed by atoms with Crippen molar-refractivity contribution in [3.8, 4) is 5.75 Å². The topological polar surface area (TPSA) is 93.1 Å². The minimum absolute atomic E-state index is 0.138. The van der Waals surface area contributed by atoms with E-state index in [1.165, 1.54) is 17.7 Å². The molecule has 0 aromatic heterocycles. The van der Waals surface area contributed by atoms with Crippen LogP contribution in [0.3, 0.4) is 0 Å². The van der Waals surface area contributed by atoms with Gasteiger partial charge in [-0.1, -0.05) is 30.3 Å². The second-order valence-corrected chi connectivity index (χ2v) is 6.21. The molecule has 0 bridgehead atoms. The number of urea groups is 1. The van der Waals surface area contributed by atoms with Crippen LogP contribution in [0.1, 0.15) is 15.9 Å². The minimum Gasteiger partial charge on any atom is -0.508 e. The van der Waals surface area contributed by atoms with Crippen molar-refractivity contribution in [2.24, 2.45) is 0 Å². The van der Waals surface area contributed by atoms with E-state index in [-0.39, 0.29) is 23.0 Å². The van der Waals surface area contributed by atoms with Gasteiger partial charge in [0.15, 0.2) is 0 Å². The van der Waals surface area contributed by atoms with Crippen molar-refractivity contribution in [2.75, 3.05) is 31.5 Å². The van der Waals surface area contributed by atoms with Crippen LogP contribution in [0.5, 0.6) is 5.75 Å². The monoisotopic (exact) mass is 355 g/mol. The number of phenols is 1. The number of nitrogens with one attached hydrogen (secondary N) is 1. The van der Waals surface area contributed by atoms with Crippen LogP contribution in [0.25, 0.3) is 0 Å². The first-order valence-corrected chi connectivity index (χ1v) is 8.41. The van der Waals surface area contributed by atoms with Crippen molar-refractivity contribution in [1.82, 2.24) is 9.80 Å². The van der Waals surface area contributed by atoms with E-state index in [2.05, 4.69) is 22.3 Å². The van der Waals surface area contributed by atoms with Gasteiger partial charge in [0.05, 0.1) is 11.3 Å². The zero-order valence-electron chi connectivity index (χ0n) is 14.3. The lowest BCUT2D eigenvalue weighted by molar-refractivity contribution is 0.0697. The number of amides is 2. The molecule has 1 aliphatic rings. The first-order valence-electron chi connectivity index (χ1n) is 8.41. The summed E-state index contributed by atoms with van der Waals surface area (Å²) in [6, 6.07) is 13.7. The maximum absolute atomic E-state index is 12.4. The van der Waals surface area contributed by atoms with Gasteiger partial charge < -0.3 is 20.4 Å². The minimum atomic E-state index is -1.20. The van der Waals surface area contributed by atoms with E-state index in [1.54, 1.807) is 4.90 Å². The summed E-state index contributed by atoms with van der Waals surface area (Å²) in [6.07, 6.45) is 0. The highest BCUT2D eigenvalue weighted by Crippen LogP contribution is 2.22. The van der Waals surface area contributed by atoms with Crippen LogP contribution in [0.4, 0.5) is 10.5 Å². The van der Waals surface area contributed by atoms with Gasteiger partial charge in [-0.15, -0.1) is 0 Å². The summed E-state index contributed by atoms with van der Waals surface area (Å²) in [5.74, 6) is -1.36. The molecule has 3 rings (SSSR count). The molecule has 2 amide bonds. The molecule has 0 saturated carbocycles. The van der Waals surface area contributed by atoms with Crippen LogP contribution in [0.2, 0.25) is 0 Å². The highest BCUT2D eigenvalue weighted by atomic mass is 16.4. The number of carbonyl (C=O) groups excluding carboxylic acids is 1. The number of piperazine rings is 1. The molecule has 1 saturated heterocycles. The molecule has 7 nitrogen and oxygen atoms in total. The van der Waals surface area contributed by atoms with Gasteiger partial charge in [0.2, 0.25) is 0 Å². The predicted molar refractivity (Wildman–Crippen MR) is 97.4 cm³/mol. The third-order valence-electron chi connectivity index (χ3n) is 4.38. The molecule has 2 aromatic carbocycles. The van der Waals surface area contributed by atoms with Crippen molar-refractivity contribution in [3.05, 3.63) is 59.7 Å². The molecule has 0 aliphatic carbocycles. The summed E-state index contributed by atoms with van der Waals surface area (Å²) in [7, 11) is 0. The SMILES string of the molecule is O=C(O)c1cc(O)ccc1NC(=O)N1CCN(Cc2ccccc2)CC1. The quantitative estimate of drug-likeness (QED) is 0.733. The van der Waals surface area contributed by atoms with Gasteiger partial charge in [-0.25, -0.2) is 9.59 Å². The van der Waals surface area contributed by atoms with E-state index in [9.17, 15) is 19.8 Å². The summed E-state index contributed by atoms with van der Waals surface area (Å²) >= 11 is 0. The summed E-state index contributed by atoms with van der Waals surface area (Å²) in [5.41, 5.74) is 1.27. The zero-order valence-corrected chi connectivity index (χ0v) is 14.3. The fourth-order valence-electron chi connectivity index (χ4n) is 2.96. The lowest BCUT2D eigenvalue weighted by atomic mass is 10.1. The number of benzene rings is 2. The maximum atomic E-state index is 12.4. The Morgan fingerprint density at radius 1 is 1.00 bits per heavy atom. The Balaban J connectivity index is 1.57. The second kappa shape index (κ2) is 7.88. The van der Waals surface area contributed by atoms with E-state index < -0.39 is 5.97 Å². The number of carbonyl (C=O) groups is 2. The number of anilines is 1. The Kier molecular flexibility index (Phi) is 5.38. The zero-order chi connectivity index (χ0) is 18.5. The lowest BCUT2D eigenvalue weighted by Gasteiger charge is -2.34. The molecule has 1 fully saturated rings. The highest BCUT2D eigenvalue weighted by Gasteiger charge is 2.22. The molecule has 136 valence electrons. The third-order valence-corrected chi connectivity index (χ3v) is 4.38. The number of hydrogen-bond acceptors (Lipinski definition) is 4. The van der Waals surface area contributed by atoms with Gasteiger partial charge in [-0.05, 0) is 23.8 Å². The number of aromatic hydroxyl groups is 1. The molecule has 1 aliphatic heterocycles. The van der Waals surface area contributed by atoms with E-state index in [4.69, 9.17) is 0 Å². The van der Waals surface area contributed by atoms with Crippen LogP contribution < -0.4 is 5.32 Å². The molecular weight excluding hydrogens is 334 g/mol. The first-order chi connectivity index (χ1) is 12.5. The highest BCUT2D eigenvalue weighted by molar-refractivity contribution is 6.00. The van der Waals surface area contributed by atoms with E-state index in [1.807, 2.05) is 18.2 Å². The predicted octanol–water partition coefficient (Wildman–Crippen LogP) is 2.44. The molecule has 0 atom stereocenters. The molecule has 0 spiro atoms. The van der Waals surface area contributed by atoms with Crippen molar-refractivity contribution < 1.29 is 19.8 Å². The largest absolute Gasteiger partial charge is 0.508 e. The van der Waals surface area contributed by atoms with Gasteiger partial charge in [-0.3, -0.25) is 4.90 Å². The molecule has 0 unspecified atom stereocenters. The van der Waals surface area contributed by atoms with Crippen molar-refractivity contribution in [1.29, 1.82) is 0 Å². The fourth-order valence-corrected chi connectivity index (χ4v) is 2.96. The molecule has 0 radical (unpaired) electrons. The van der Waals surface area contributed by atoms with Crippen molar-refractivity contribution >= 4 is 17.7 Å². The average Bonchev–Trinajstić information content (AvgIpc) is 2.64. The standard InChI is InChI=1S/C19H21N3O4/c23-15-6-7-17(16(12-15)18(24)25)20-19(26)22-10-8-21(9-11-22)13-14-4-2-1-3-5-14/h1-7,12,23H,8-11,13H2,(H,20,26)(H,24,25).